The molecule has 108 valence electrons. The standard InChI is InChI=1S/C14H16ClFN2O2/c1-14(2,7-15)13(20)18-11-6-10-8(5-9(11)16)3-4-12(19)17-10/h5-6H,3-4,7H2,1-2H3,(H,17,19)(H,18,20). The molecule has 1 aliphatic rings. The zero-order valence-electron chi connectivity index (χ0n) is 11.3. The second-order valence-corrected chi connectivity index (χ2v) is 5.78. The quantitative estimate of drug-likeness (QED) is 0.843. The lowest BCUT2D eigenvalue weighted by Crippen LogP contribution is -2.32. The van der Waals surface area contributed by atoms with Crippen LogP contribution in [0.3, 0.4) is 0 Å². The molecule has 2 rings (SSSR count). The lowest BCUT2D eigenvalue weighted by Gasteiger charge is -2.22. The molecule has 1 heterocycles. The maximum Gasteiger partial charge on any atom is 0.231 e. The van der Waals surface area contributed by atoms with Gasteiger partial charge in [0.1, 0.15) is 5.82 Å². The third kappa shape index (κ3) is 2.93. The Morgan fingerprint density at radius 3 is 2.80 bits per heavy atom. The van der Waals surface area contributed by atoms with Crippen molar-refractivity contribution in [3.8, 4) is 0 Å². The summed E-state index contributed by atoms with van der Waals surface area (Å²) in [6.45, 7) is 3.35. The number of amides is 2. The maximum atomic E-state index is 14.0. The Labute approximate surface area is 121 Å². The SMILES string of the molecule is CC(C)(CCl)C(=O)Nc1cc2c(cc1F)CCC(=O)N2. The number of anilines is 2. The van der Waals surface area contributed by atoms with Gasteiger partial charge in [0, 0.05) is 18.0 Å². The predicted octanol–water partition coefficient (Wildman–Crippen LogP) is 2.91. The normalized spacial score (nSPS) is 14.5. The van der Waals surface area contributed by atoms with Crippen molar-refractivity contribution in [2.75, 3.05) is 16.5 Å². The topological polar surface area (TPSA) is 58.2 Å². The second kappa shape index (κ2) is 5.40. The van der Waals surface area contributed by atoms with Crippen LogP contribution in [-0.2, 0) is 16.0 Å². The van der Waals surface area contributed by atoms with E-state index in [4.69, 9.17) is 11.6 Å². The van der Waals surface area contributed by atoms with Crippen molar-refractivity contribution < 1.29 is 14.0 Å². The number of carbonyl (C=O) groups excluding carboxylic acids is 2. The fraction of sp³-hybridized carbons (Fsp3) is 0.429. The van der Waals surface area contributed by atoms with Gasteiger partial charge in [-0.2, -0.15) is 0 Å². The molecule has 1 aromatic carbocycles. The summed E-state index contributed by atoms with van der Waals surface area (Å²) in [7, 11) is 0. The summed E-state index contributed by atoms with van der Waals surface area (Å²) in [5.74, 6) is -0.864. The van der Waals surface area contributed by atoms with E-state index in [0.29, 0.717) is 18.5 Å². The van der Waals surface area contributed by atoms with E-state index >= 15 is 0 Å². The molecule has 0 bridgehead atoms. The predicted molar refractivity (Wildman–Crippen MR) is 76.5 cm³/mol. The molecule has 0 fully saturated rings. The monoisotopic (exact) mass is 298 g/mol. The van der Waals surface area contributed by atoms with E-state index in [0.717, 1.165) is 5.56 Å². The van der Waals surface area contributed by atoms with E-state index in [-0.39, 0.29) is 23.4 Å². The van der Waals surface area contributed by atoms with Crippen LogP contribution in [0.15, 0.2) is 12.1 Å². The molecule has 0 aliphatic carbocycles. The number of alkyl halides is 1. The van der Waals surface area contributed by atoms with E-state index in [1.54, 1.807) is 13.8 Å². The van der Waals surface area contributed by atoms with Crippen molar-refractivity contribution in [2.24, 2.45) is 5.41 Å². The molecule has 0 radical (unpaired) electrons. The van der Waals surface area contributed by atoms with Gasteiger partial charge < -0.3 is 10.6 Å². The summed E-state index contributed by atoms with van der Waals surface area (Å²) in [6.07, 6.45) is 0.844. The molecule has 0 saturated carbocycles. The van der Waals surface area contributed by atoms with Gasteiger partial charge >= 0.3 is 0 Å². The van der Waals surface area contributed by atoms with Gasteiger partial charge in [-0.3, -0.25) is 9.59 Å². The molecule has 1 aromatic rings. The molecule has 20 heavy (non-hydrogen) atoms. The van der Waals surface area contributed by atoms with Crippen LogP contribution in [0.25, 0.3) is 0 Å². The van der Waals surface area contributed by atoms with Crippen LogP contribution in [0, 0.1) is 11.2 Å². The highest BCUT2D eigenvalue weighted by Crippen LogP contribution is 2.30. The molecule has 0 aromatic heterocycles. The van der Waals surface area contributed by atoms with Crippen molar-refractivity contribution in [1.29, 1.82) is 0 Å². The molecular formula is C14H16ClFN2O2. The Kier molecular flexibility index (Phi) is 3.99. The largest absolute Gasteiger partial charge is 0.326 e. The van der Waals surface area contributed by atoms with Crippen molar-refractivity contribution in [3.05, 3.63) is 23.5 Å². The number of aryl methyl sites for hydroxylation is 1. The van der Waals surface area contributed by atoms with Crippen LogP contribution < -0.4 is 10.6 Å². The first kappa shape index (κ1) is 14.8. The minimum Gasteiger partial charge on any atom is -0.326 e. The molecule has 6 heteroatoms. The van der Waals surface area contributed by atoms with Crippen molar-refractivity contribution in [1.82, 2.24) is 0 Å². The van der Waals surface area contributed by atoms with E-state index in [9.17, 15) is 14.0 Å². The smallest absolute Gasteiger partial charge is 0.231 e. The van der Waals surface area contributed by atoms with Crippen LogP contribution >= 0.6 is 11.6 Å². The summed E-state index contributed by atoms with van der Waals surface area (Å²) in [5.41, 5.74) is 0.528. The number of fused-ring (bicyclic) bond motifs is 1. The van der Waals surface area contributed by atoms with Crippen molar-refractivity contribution in [3.63, 3.8) is 0 Å². The fourth-order valence-corrected chi connectivity index (χ4v) is 1.97. The maximum absolute atomic E-state index is 14.0. The first-order chi connectivity index (χ1) is 9.33. The van der Waals surface area contributed by atoms with E-state index in [2.05, 4.69) is 10.6 Å². The number of hydrogen-bond acceptors (Lipinski definition) is 2. The Morgan fingerprint density at radius 2 is 2.15 bits per heavy atom. The van der Waals surface area contributed by atoms with E-state index in [1.807, 2.05) is 0 Å². The number of carbonyl (C=O) groups is 2. The molecule has 1 aliphatic heterocycles. The lowest BCUT2D eigenvalue weighted by molar-refractivity contribution is -0.123. The molecule has 0 saturated heterocycles. The third-order valence-corrected chi connectivity index (χ3v) is 3.95. The van der Waals surface area contributed by atoms with E-state index in [1.165, 1.54) is 12.1 Å². The first-order valence-electron chi connectivity index (χ1n) is 6.33. The molecule has 0 unspecified atom stereocenters. The fourth-order valence-electron chi connectivity index (χ4n) is 1.85. The highest BCUT2D eigenvalue weighted by Gasteiger charge is 2.28. The summed E-state index contributed by atoms with van der Waals surface area (Å²) < 4.78 is 14.0. The number of hydrogen-bond donors (Lipinski definition) is 2. The number of nitrogens with one attached hydrogen (secondary N) is 2. The van der Waals surface area contributed by atoms with Gasteiger partial charge in [-0.15, -0.1) is 11.6 Å². The zero-order valence-corrected chi connectivity index (χ0v) is 12.1. The van der Waals surface area contributed by atoms with Gasteiger partial charge in [0.05, 0.1) is 11.1 Å². The number of halogens is 2. The first-order valence-corrected chi connectivity index (χ1v) is 6.86. The molecule has 0 atom stereocenters. The summed E-state index contributed by atoms with van der Waals surface area (Å²) >= 11 is 5.72. The van der Waals surface area contributed by atoms with Crippen LogP contribution in [-0.4, -0.2) is 17.7 Å². The Balaban J connectivity index is 2.27. The van der Waals surface area contributed by atoms with Crippen LogP contribution in [0.2, 0.25) is 0 Å². The molecule has 4 nitrogen and oxygen atoms in total. The Morgan fingerprint density at radius 1 is 1.45 bits per heavy atom. The zero-order chi connectivity index (χ0) is 14.9. The second-order valence-electron chi connectivity index (χ2n) is 5.51. The minimum absolute atomic E-state index is 0.0501. The molecule has 2 amide bonds. The van der Waals surface area contributed by atoms with Gasteiger partial charge in [0.2, 0.25) is 11.8 Å². The van der Waals surface area contributed by atoms with Crippen molar-refractivity contribution in [2.45, 2.75) is 26.7 Å². The molecule has 0 spiro atoms. The van der Waals surface area contributed by atoms with Crippen molar-refractivity contribution >= 4 is 34.8 Å². The lowest BCUT2D eigenvalue weighted by atomic mass is 9.95. The Bertz CT molecular complexity index is 573. The van der Waals surface area contributed by atoms with E-state index < -0.39 is 11.2 Å². The summed E-state index contributed by atoms with van der Waals surface area (Å²) in [6, 6.07) is 2.79. The third-order valence-electron chi connectivity index (χ3n) is 3.29. The highest BCUT2D eigenvalue weighted by atomic mass is 35.5. The minimum atomic E-state index is -0.798. The average Bonchev–Trinajstić information content (AvgIpc) is 2.40. The molecular weight excluding hydrogens is 283 g/mol. The summed E-state index contributed by atoms with van der Waals surface area (Å²) in [5, 5.41) is 5.19. The van der Waals surface area contributed by atoms with Gasteiger partial charge in [0.15, 0.2) is 0 Å². The van der Waals surface area contributed by atoms with Gasteiger partial charge in [-0.1, -0.05) is 0 Å². The van der Waals surface area contributed by atoms with Gasteiger partial charge in [-0.25, -0.2) is 4.39 Å². The highest BCUT2D eigenvalue weighted by molar-refractivity contribution is 6.20. The average molecular weight is 299 g/mol. The molecule has 2 N–H and O–H groups in total. The number of rotatable bonds is 3. The van der Waals surface area contributed by atoms with Gasteiger partial charge in [0.25, 0.3) is 0 Å². The summed E-state index contributed by atoms with van der Waals surface area (Å²) in [4.78, 5) is 23.3. The van der Waals surface area contributed by atoms with Crippen LogP contribution in [0.5, 0.6) is 0 Å². The van der Waals surface area contributed by atoms with Crippen LogP contribution in [0.4, 0.5) is 15.8 Å². The number of benzene rings is 1. The Hall–Kier alpha value is -1.62. The van der Waals surface area contributed by atoms with Gasteiger partial charge in [-0.05, 0) is 38.0 Å². The van der Waals surface area contributed by atoms with Crippen LogP contribution in [0.1, 0.15) is 25.8 Å².